The van der Waals surface area contributed by atoms with Gasteiger partial charge in [-0.25, -0.2) is 16.8 Å². The fourth-order valence-corrected chi connectivity index (χ4v) is 8.35. The Morgan fingerprint density at radius 1 is 0.714 bits per heavy atom. The van der Waals surface area contributed by atoms with E-state index in [-0.39, 0.29) is 25.7 Å². The lowest BCUT2D eigenvalue weighted by Crippen LogP contribution is -2.49. The molecule has 2 saturated carbocycles. The molecule has 2 fully saturated rings. The summed E-state index contributed by atoms with van der Waals surface area (Å²) in [6.07, 6.45) is -0.169. The zero-order valence-corrected chi connectivity index (χ0v) is 11.8. The van der Waals surface area contributed by atoms with Crippen LogP contribution < -0.4 is 0 Å². The lowest BCUT2D eigenvalue weighted by molar-refractivity contribution is -0.0480. The molecule has 0 spiro atoms. The molecule has 21 heavy (non-hydrogen) atoms. The summed E-state index contributed by atoms with van der Waals surface area (Å²) >= 11 is 0. The molecule has 0 aromatic heterocycles. The van der Waals surface area contributed by atoms with Crippen molar-refractivity contribution in [1.82, 2.24) is 0 Å². The van der Waals surface area contributed by atoms with Gasteiger partial charge in [-0.3, -0.25) is 0 Å². The van der Waals surface area contributed by atoms with Crippen molar-refractivity contribution in [2.24, 2.45) is 11.8 Å². The van der Waals surface area contributed by atoms with E-state index in [1.54, 1.807) is 0 Å². The van der Waals surface area contributed by atoms with E-state index in [1.807, 2.05) is 0 Å². The average molecular weight is 360 g/mol. The highest BCUT2D eigenvalue weighted by molar-refractivity contribution is 8.11. The Kier molecular flexibility index (Phi) is 3.42. The van der Waals surface area contributed by atoms with Gasteiger partial charge in [-0.15, -0.1) is 0 Å². The fraction of sp³-hybridized carbons (Fsp3) is 1.00. The van der Waals surface area contributed by atoms with Crippen LogP contribution in [0.15, 0.2) is 0 Å². The quantitative estimate of drug-likeness (QED) is 0.709. The molecule has 12 heteroatoms. The Bertz CT molecular complexity index is 587. The molecule has 0 heterocycles. The van der Waals surface area contributed by atoms with E-state index in [2.05, 4.69) is 0 Å². The topological polar surface area (TPSA) is 68.3 Å². The van der Waals surface area contributed by atoms with Crippen LogP contribution in [0.1, 0.15) is 25.7 Å². The third-order valence-corrected chi connectivity index (χ3v) is 9.57. The molecule has 2 atom stereocenters. The summed E-state index contributed by atoms with van der Waals surface area (Å²) in [6, 6.07) is 0. The van der Waals surface area contributed by atoms with Crippen molar-refractivity contribution >= 4 is 19.7 Å². The van der Waals surface area contributed by atoms with Gasteiger partial charge in [-0.2, -0.15) is 26.3 Å². The largest absolute Gasteiger partial charge is 0.498 e. The van der Waals surface area contributed by atoms with E-state index < -0.39 is 46.6 Å². The Labute approximate surface area is 116 Å². The highest BCUT2D eigenvalue weighted by Gasteiger charge is 2.88. The zero-order valence-electron chi connectivity index (χ0n) is 10.2. The Hall–Kier alpha value is -0.520. The van der Waals surface area contributed by atoms with Crippen molar-refractivity contribution in [3.8, 4) is 0 Å². The smallest absolute Gasteiger partial charge is 0.218 e. The molecular weight excluding hydrogens is 350 g/mol. The minimum atomic E-state index is -6.50. The van der Waals surface area contributed by atoms with Crippen LogP contribution in [-0.4, -0.2) is 31.9 Å². The van der Waals surface area contributed by atoms with E-state index in [9.17, 15) is 43.2 Å². The molecule has 4 nitrogen and oxygen atoms in total. The summed E-state index contributed by atoms with van der Waals surface area (Å²) in [7, 11) is -13.0. The highest BCUT2D eigenvalue weighted by atomic mass is 32.3. The van der Waals surface area contributed by atoms with Gasteiger partial charge in [0.25, 0.3) is 19.7 Å². The van der Waals surface area contributed by atoms with Crippen LogP contribution in [0.4, 0.5) is 26.3 Å². The minimum Gasteiger partial charge on any atom is -0.218 e. The molecule has 0 aromatic rings. The third-order valence-electron chi connectivity index (χ3n) is 4.14. The first-order chi connectivity index (χ1) is 9.23. The van der Waals surface area contributed by atoms with Crippen LogP contribution >= 0.6 is 0 Å². The first-order valence-corrected chi connectivity index (χ1v) is 8.81. The second kappa shape index (κ2) is 4.27. The summed E-state index contributed by atoms with van der Waals surface area (Å²) in [6.45, 7) is 0. The minimum absolute atomic E-state index is 0.198. The van der Waals surface area contributed by atoms with E-state index in [0.717, 1.165) is 0 Å². The highest BCUT2D eigenvalue weighted by Crippen LogP contribution is 2.70. The van der Waals surface area contributed by atoms with Gasteiger partial charge in [0.15, 0.2) is 4.08 Å². The third kappa shape index (κ3) is 1.87. The number of fused-ring (bicyclic) bond motifs is 1. The predicted molar refractivity (Wildman–Crippen MR) is 58.1 cm³/mol. The van der Waals surface area contributed by atoms with Crippen LogP contribution in [0, 0.1) is 11.8 Å². The molecule has 0 aliphatic heterocycles. The number of halogens is 6. The second-order valence-corrected chi connectivity index (χ2v) is 9.67. The molecule has 0 radical (unpaired) electrons. The van der Waals surface area contributed by atoms with Gasteiger partial charge < -0.3 is 0 Å². The van der Waals surface area contributed by atoms with Crippen molar-refractivity contribution in [3.63, 3.8) is 0 Å². The molecule has 2 rings (SSSR count). The molecule has 0 N–H and O–H groups in total. The predicted octanol–water partition coefficient (Wildman–Crippen LogP) is 2.37. The lowest BCUT2D eigenvalue weighted by atomic mass is 10.0. The summed E-state index contributed by atoms with van der Waals surface area (Å²) in [4.78, 5) is 0. The lowest BCUT2D eigenvalue weighted by Gasteiger charge is -2.22. The maximum absolute atomic E-state index is 12.7. The molecule has 0 bridgehead atoms. The Balaban J connectivity index is 2.72. The van der Waals surface area contributed by atoms with Gasteiger partial charge in [-0.05, 0) is 24.7 Å². The molecule has 0 aromatic carbocycles. The van der Waals surface area contributed by atoms with E-state index in [1.165, 1.54) is 0 Å². The number of hydrogen-bond acceptors (Lipinski definition) is 4. The van der Waals surface area contributed by atoms with Crippen molar-refractivity contribution in [2.75, 3.05) is 0 Å². The zero-order chi connectivity index (χ0) is 16.5. The normalized spacial score (nSPS) is 29.8. The molecule has 2 unspecified atom stereocenters. The van der Waals surface area contributed by atoms with E-state index in [0.29, 0.717) is 0 Å². The number of hydrogen-bond donors (Lipinski definition) is 0. The monoisotopic (exact) mass is 360 g/mol. The molecule has 2 aliphatic carbocycles. The number of sulfone groups is 2. The summed E-state index contributed by atoms with van der Waals surface area (Å²) in [5.74, 6) is -3.30. The van der Waals surface area contributed by atoms with Gasteiger partial charge in [0.1, 0.15) is 0 Å². The maximum atomic E-state index is 12.7. The summed E-state index contributed by atoms with van der Waals surface area (Å²) < 4.78 is 119. The molecule has 0 saturated heterocycles. The molecule has 124 valence electrons. The van der Waals surface area contributed by atoms with E-state index in [4.69, 9.17) is 0 Å². The van der Waals surface area contributed by atoms with Crippen molar-refractivity contribution in [2.45, 2.75) is 40.8 Å². The standard InChI is InChI=1S/C9H10F6O4S2/c10-8(11,12)20(16,17)7(21(18,19)9(13,14)15)5-3-1-2-4-6(5)7/h5-6H,1-4H2. The van der Waals surface area contributed by atoms with Crippen molar-refractivity contribution in [3.05, 3.63) is 0 Å². The molecule has 2 aliphatic rings. The molecule has 0 amide bonds. The van der Waals surface area contributed by atoms with Crippen LogP contribution in [0.5, 0.6) is 0 Å². The van der Waals surface area contributed by atoms with Crippen molar-refractivity contribution in [1.29, 1.82) is 0 Å². The summed E-state index contributed by atoms with van der Waals surface area (Å²) in [5, 5.41) is 0. The van der Waals surface area contributed by atoms with Crippen LogP contribution in [-0.2, 0) is 19.7 Å². The van der Waals surface area contributed by atoms with Crippen LogP contribution in [0.3, 0.4) is 0 Å². The first kappa shape index (κ1) is 16.8. The SMILES string of the molecule is O=S(=O)(C(F)(F)F)C1(S(=O)(=O)C(F)(F)F)C2CCCCC21. The van der Waals surface area contributed by atoms with Crippen LogP contribution in [0.25, 0.3) is 0 Å². The second-order valence-electron chi connectivity index (χ2n) is 5.12. The fourth-order valence-electron chi connectivity index (χ4n) is 3.32. The van der Waals surface area contributed by atoms with Gasteiger partial charge in [-0.1, -0.05) is 12.8 Å². The molecular formula is C9H10F6O4S2. The maximum Gasteiger partial charge on any atom is 0.498 e. The average Bonchev–Trinajstić information content (AvgIpc) is 2.96. The number of alkyl halides is 6. The van der Waals surface area contributed by atoms with Crippen LogP contribution in [0.2, 0.25) is 0 Å². The number of rotatable bonds is 2. The Morgan fingerprint density at radius 3 is 1.24 bits per heavy atom. The van der Waals surface area contributed by atoms with Crippen molar-refractivity contribution < 1.29 is 43.2 Å². The van der Waals surface area contributed by atoms with Gasteiger partial charge in [0.2, 0.25) is 0 Å². The van der Waals surface area contributed by atoms with Gasteiger partial charge in [0.05, 0.1) is 0 Å². The van der Waals surface area contributed by atoms with Gasteiger partial charge in [0, 0.05) is 0 Å². The van der Waals surface area contributed by atoms with E-state index >= 15 is 0 Å². The first-order valence-electron chi connectivity index (χ1n) is 5.84. The summed E-state index contributed by atoms with van der Waals surface area (Å²) in [5.41, 5.74) is -12.1. The van der Waals surface area contributed by atoms with Gasteiger partial charge >= 0.3 is 11.0 Å². The Morgan fingerprint density at radius 2 is 1.00 bits per heavy atom.